The molecule has 5 heteroatoms. The molecule has 0 atom stereocenters. The van der Waals surface area contributed by atoms with Crippen molar-refractivity contribution in [3.63, 3.8) is 0 Å². The molecular formula is C14H19N3O2. The Morgan fingerprint density at radius 1 is 1.32 bits per heavy atom. The van der Waals surface area contributed by atoms with Crippen molar-refractivity contribution in [3.8, 4) is 5.75 Å². The molecule has 19 heavy (non-hydrogen) atoms. The van der Waals surface area contributed by atoms with Crippen LogP contribution in [0, 0.1) is 10.8 Å². The molecule has 2 rings (SSSR count). The lowest BCUT2D eigenvalue weighted by Gasteiger charge is -2.37. The number of amidine groups is 1. The summed E-state index contributed by atoms with van der Waals surface area (Å²) < 4.78 is 5.28. The summed E-state index contributed by atoms with van der Waals surface area (Å²) in [7, 11) is 0. The minimum Gasteiger partial charge on any atom is -0.410 e. The maximum absolute atomic E-state index is 12.0. The van der Waals surface area contributed by atoms with E-state index in [0.717, 1.165) is 0 Å². The van der Waals surface area contributed by atoms with Crippen molar-refractivity contribution in [2.24, 2.45) is 11.1 Å². The number of piperidine rings is 1. The molecule has 1 aromatic rings. The number of likely N-dealkylation sites (tertiary alicyclic amines) is 1. The fraction of sp³-hybridized carbons (Fsp3) is 0.429. The smallest absolute Gasteiger partial charge is 0.410 e. The molecule has 102 valence electrons. The second-order valence-corrected chi connectivity index (χ2v) is 5.14. The highest BCUT2D eigenvalue weighted by molar-refractivity contribution is 5.83. The molecule has 1 aliphatic heterocycles. The maximum atomic E-state index is 12.0. The molecule has 1 aromatic carbocycles. The van der Waals surface area contributed by atoms with Crippen LogP contribution < -0.4 is 10.5 Å². The molecule has 1 heterocycles. The Kier molecular flexibility index (Phi) is 3.74. The van der Waals surface area contributed by atoms with Gasteiger partial charge in [0.05, 0.1) is 5.84 Å². The topological polar surface area (TPSA) is 79.4 Å². The number of benzene rings is 1. The van der Waals surface area contributed by atoms with Gasteiger partial charge in [0.25, 0.3) is 0 Å². The number of carbonyl (C=O) groups is 1. The summed E-state index contributed by atoms with van der Waals surface area (Å²) in [6.07, 6.45) is 1.06. The maximum Gasteiger partial charge on any atom is 0.415 e. The van der Waals surface area contributed by atoms with Crippen molar-refractivity contribution in [2.45, 2.75) is 19.8 Å². The zero-order chi connectivity index (χ0) is 13.9. The van der Waals surface area contributed by atoms with E-state index in [9.17, 15) is 4.79 Å². The van der Waals surface area contributed by atoms with Gasteiger partial charge in [-0.05, 0) is 25.0 Å². The highest BCUT2D eigenvalue weighted by Gasteiger charge is 2.34. The molecule has 0 bridgehead atoms. The SMILES string of the molecule is CC1(C(=N)N)CCN(C(=O)Oc2ccccc2)CC1. The lowest BCUT2D eigenvalue weighted by Crippen LogP contribution is -2.47. The molecule has 1 aliphatic rings. The van der Waals surface area contributed by atoms with Gasteiger partial charge in [-0.25, -0.2) is 4.79 Å². The molecule has 1 fully saturated rings. The minimum absolute atomic E-state index is 0.198. The van der Waals surface area contributed by atoms with Gasteiger partial charge in [0, 0.05) is 18.5 Å². The molecule has 0 radical (unpaired) electrons. The number of hydrogen-bond acceptors (Lipinski definition) is 3. The van der Waals surface area contributed by atoms with E-state index in [1.165, 1.54) is 0 Å². The average Bonchev–Trinajstić information content (AvgIpc) is 2.40. The van der Waals surface area contributed by atoms with E-state index in [0.29, 0.717) is 31.7 Å². The summed E-state index contributed by atoms with van der Waals surface area (Å²) >= 11 is 0. The van der Waals surface area contributed by atoms with Gasteiger partial charge in [-0.15, -0.1) is 0 Å². The zero-order valence-corrected chi connectivity index (χ0v) is 11.1. The van der Waals surface area contributed by atoms with Crippen LogP contribution in [0.15, 0.2) is 30.3 Å². The summed E-state index contributed by atoms with van der Waals surface area (Å²) in [6, 6.07) is 9.02. The van der Waals surface area contributed by atoms with E-state index in [-0.39, 0.29) is 17.3 Å². The van der Waals surface area contributed by atoms with Gasteiger partial charge < -0.3 is 15.4 Å². The van der Waals surface area contributed by atoms with Gasteiger partial charge in [0.15, 0.2) is 0 Å². The molecule has 1 saturated heterocycles. The molecule has 0 aliphatic carbocycles. The summed E-state index contributed by atoms with van der Waals surface area (Å²) in [6.45, 7) is 3.11. The standard InChI is InChI=1S/C14H19N3O2/c1-14(12(15)16)7-9-17(10-8-14)13(18)19-11-5-3-2-4-6-11/h2-6H,7-10H2,1H3,(H3,15,16). The van der Waals surface area contributed by atoms with Crippen LogP contribution in [-0.4, -0.2) is 29.9 Å². The number of para-hydroxylation sites is 1. The van der Waals surface area contributed by atoms with Gasteiger partial charge in [0.2, 0.25) is 0 Å². The number of nitrogens with two attached hydrogens (primary N) is 1. The first kappa shape index (κ1) is 13.4. The Labute approximate surface area is 112 Å². The third kappa shape index (κ3) is 3.05. The number of carbonyl (C=O) groups excluding carboxylic acids is 1. The molecule has 5 nitrogen and oxygen atoms in total. The van der Waals surface area contributed by atoms with Crippen molar-refractivity contribution in [1.29, 1.82) is 5.41 Å². The first-order chi connectivity index (χ1) is 9.01. The Morgan fingerprint density at radius 2 is 1.89 bits per heavy atom. The number of amides is 1. The fourth-order valence-corrected chi connectivity index (χ4v) is 2.11. The Bertz CT molecular complexity index is 465. The normalized spacial score (nSPS) is 17.8. The molecule has 0 saturated carbocycles. The number of rotatable bonds is 2. The van der Waals surface area contributed by atoms with Crippen LogP contribution in [0.25, 0.3) is 0 Å². The number of nitrogens with one attached hydrogen (secondary N) is 1. The van der Waals surface area contributed by atoms with Crippen molar-refractivity contribution in [3.05, 3.63) is 30.3 Å². The molecular weight excluding hydrogens is 242 g/mol. The van der Waals surface area contributed by atoms with Crippen LogP contribution in [0.2, 0.25) is 0 Å². The molecule has 3 N–H and O–H groups in total. The summed E-state index contributed by atoms with van der Waals surface area (Å²) in [4.78, 5) is 13.6. The van der Waals surface area contributed by atoms with E-state index in [1.807, 2.05) is 25.1 Å². The predicted octanol–water partition coefficient (Wildman–Crippen LogP) is 2.22. The number of hydrogen-bond donors (Lipinski definition) is 2. The van der Waals surface area contributed by atoms with Gasteiger partial charge >= 0.3 is 6.09 Å². The zero-order valence-electron chi connectivity index (χ0n) is 11.1. The average molecular weight is 261 g/mol. The van der Waals surface area contributed by atoms with Gasteiger partial charge in [0.1, 0.15) is 5.75 Å². The van der Waals surface area contributed by atoms with E-state index in [1.54, 1.807) is 17.0 Å². The molecule has 1 amide bonds. The van der Waals surface area contributed by atoms with Gasteiger partial charge in [-0.3, -0.25) is 5.41 Å². The van der Waals surface area contributed by atoms with Crippen molar-refractivity contribution in [2.75, 3.05) is 13.1 Å². The second-order valence-electron chi connectivity index (χ2n) is 5.14. The van der Waals surface area contributed by atoms with Crippen molar-refractivity contribution < 1.29 is 9.53 Å². The third-order valence-electron chi connectivity index (χ3n) is 3.72. The monoisotopic (exact) mass is 261 g/mol. The highest BCUT2D eigenvalue weighted by atomic mass is 16.6. The fourth-order valence-electron chi connectivity index (χ4n) is 2.11. The van der Waals surface area contributed by atoms with Gasteiger partial charge in [-0.2, -0.15) is 0 Å². The van der Waals surface area contributed by atoms with Crippen LogP contribution in [0.3, 0.4) is 0 Å². The number of ether oxygens (including phenoxy) is 1. The first-order valence-electron chi connectivity index (χ1n) is 6.37. The molecule has 0 aromatic heterocycles. The van der Waals surface area contributed by atoms with E-state index >= 15 is 0 Å². The van der Waals surface area contributed by atoms with Crippen LogP contribution in [0.1, 0.15) is 19.8 Å². The van der Waals surface area contributed by atoms with Crippen LogP contribution in [-0.2, 0) is 0 Å². The highest BCUT2D eigenvalue weighted by Crippen LogP contribution is 2.30. The Balaban J connectivity index is 1.91. The largest absolute Gasteiger partial charge is 0.415 e. The first-order valence-corrected chi connectivity index (χ1v) is 6.37. The Hall–Kier alpha value is -2.04. The quantitative estimate of drug-likeness (QED) is 0.633. The predicted molar refractivity (Wildman–Crippen MR) is 73.3 cm³/mol. The van der Waals surface area contributed by atoms with Crippen LogP contribution in [0.5, 0.6) is 5.75 Å². The summed E-state index contributed by atoms with van der Waals surface area (Å²) in [5, 5.41) is 7.58. The van der Waals surface area contributed by atoms with Crippen molar-refractivity contribution in [1.82, 2.24) is 4.90 Å². The molecule has 0 spiro atoms. The van der Waals surface area contributed by atoms with E-state index < -0.39 is 0 Å². The summed E-state index contributed by atoms with van der Waals surface area (Å²) in [5.74, 6) is 0.746. The van der Waals surface area contributed by atoms with E-state index in [4.69, 9.17) is 15.9 Å². The number of nitrogens with zero attached hydrogens (tertiary/aromatic N) is 1. The van der Waals surface area contributed by atoms with E-state index in [2.05, 4.69) is 0 Å². The minimum atomic E-state index is -0.336. The third-order valence-corrected chi connectivity index (χ3v) is 3.72. The molecule has 0 unspecified atom stereocenters. The van der Waals surface area contributed by atoms with Crippen LogP contribution in [0.4, 0.5) is 4.79 Å². The van der Waals surface area contributed by atoms with Crippen molar-refractivity contribution >= 4 is 11.9 Å². The summed E-state index contributed by atoms with van der Waals surface area (Å²) in [5.41, 5.74) is 5.31. The lowest BCUT2D eigenvalue weighted by molar-refractivity contribution is 0.123. The second kappa shape index (κ2) is 5.30. The van der Waals surface area contributed by atoms with Gasteiger partial charge in [-0.1, -0.05) is 25.1 Å². The Morgan fingerprint density at radius 3 is 2.42 bits per heavy atom. The lowest BCUT2D eigenvalue weighted by atomic mass is 9.79. The van der Waals surface area contributed by atoms with Crippen LogP contribution >= 0.6 is 0 Å².